The van der Waals surface area contributed by atoms with Gasteiger partial charge < -0.3 is 9.64 Å². The average molecular weight is 430 g/mol. The molecule has 0 N–H and O–H groups in total. The van der Waals surface area contributed by atoms with Crippen LogP contribution in [0.15, 0.2) is 12.3 Å². The first kappa shape index (κ1) is 21.7. The fraction of sp³-hybridized carbons (Fsp3) is 0.650. The van der Waals surface area contributed by atoms with Crippen LogP contribution in [0.5, 0.6) is 5.75 Å². The molecule has 1 aromatic rings. The zero-order chi connectivity index (χ0) is 21.2. The third-order valence-electron chi connectivity index (χ3n) is 5.91. The summed E-state index contributed by atoms with van der Waals surface area (Å²) >= 11 is 5.92. The Bertz CT molecular complexity index is 803. The van der Waals surface area contributed by atoms with Crippen LogP contribution in [0.2, 0.25) is 5.02 Å². The van der Waals surface area contributed by atoms with E-state index in [-0.39, 0.29) is 55.2 Å². The van der Waals surface area contributed by atoms with E-state index in [9.17, 15) is 18.0 Å². The molecule has 3 rings (SSSR count). The number of likely N-dealkylation sites (tertiary alicyclic amines) is 1. The molecule has 2 heterocycles. The molecular formula is C20H23ClF3N3O2. The number of rotatable bonds is 4. The zero-order valence-corrected chi connectivity index (χ0v) is 16.9. The summed E-state index contributed by atoms with van der Waals surface area (Å²) in [6, 6.07) is 3.49. The van der Waals surface area contributed by atoms with Crippen LogP contribution in [0.1, 0.15) is 44.7 Å². The number of carbonyl (C=O) groups is 1. The Kier molecular flexibility index (Phi) is 6.27. The predicted molar refractivity (Wildman–Crippen MR) is 100 cm³/mol. The van der Waals surface area contributed by atoms with Crippen LogP contribution in [-0.2, 0) is 4.79 Å². The zero-order valence-electron chi connectivity index (χ0n) is 16.1. The largest absolute Gasteiger partial charge is 0.490 e. The van der Waals surface area contributed by atoms with Crippen molar-refractivity contribution in [1.82, 2.24) is 9.88 Å². The maximum Gasteiger partial charge on any atom is 0.391 e. The highest BCUT2D eigenvalue weighted by molar-refractivity contribution is 6.30. The Morgan fingerprint density at radius 1 is 1.41 bits per heavy atom. The van der Waals surface area contributed by atoms with Gasteiger partial charge in [0.2, 0.25) is 5.91 Å². The van der Waals surface area contributed by atoms with E-state index in [1.807, 2.05) is 13.0 Å². The molecular weight excluding hydrogens is 407 g/mol. The molecule has 2 fully saturated rings. The molecule has 0 bridgehead atoms. The molecule has 1 atom stereocenters. The van der Waals surface area contributed by atoms with Crippen molar-refractivity contribution in [3.05, 3.63) is 23.0 Å². The third-order valence-corrected chi connectivity index (χ3v) is 6.12. The monoisotopic (exact) mass is 429 g/mol. The van der Waals surface area contributed by atoms with Gasteiger partial charge in [0.15, 0.2) is 11.4 Å². The van der Waals surface area contributed by atoms with Crippen molar-refractivity contribution in [3.8, 4) is 11.8 Å². The van der Waals surface area contributed by atoms with Crippen LogP contribution in [0.25, 0.3) is 0 Å². The molecule has 5 nitrogen and oxygen atoms in total. The Morgan fingerprint density at radius 2 is 2.10 bits per heavy atom. The van der Waals surface area contributed by atoms with Crippen LogP contribution in [0.3, 0.4) is 0 Å². The van der Waals surface area contributed by atoms with E-state index >= 15 is 0 Å². The van der Waals surface area contributed by atoms with Gasteiger partial charge in [-0.15, -0.1) is 0 Å². The number of hydrogen-bond acceptors (Lipinski definition) is 4. The lowest BCUT2D eigenvalue weighted by molar-refractivity contribution is -0.185. The fourth-order valence-electron chi connectivity index (χ4n) is 4.12. The van der Waals surface area contributed by atoms with Crippen molar-refractivity contribution in [3.63, 3.8) is 0 Å². The van der Waals surface area contributed by atoms with Gasteiger partial charge in [-0.2, -0.15) is 18.4 Å². The topological polar surface area (TPSA) is 66.2 Å². The standard InChI is InChI=1S/C20H23ClF3N3O2/c1-19(12-29-17-8-15(21)10-26-16(17)9-25)6-7-27(11-19)18(28)13-2-4-14(5-3-13)20(22,23)24/h8,10,13-14H,2-7,11-12H2,1H3/t13-,14-,19?. The molecule has 0 aromatic carbocycles. The number of carbonyl (C=O) groups excluding carboxylic acids is 1. The first-order valence-corrected chi connectivity index (χ1v) is 10.0. The van der Waals surface area contributed by atoms with Gasteiger partial charge in [-0.25, -0.2) is 4.98 Å². The summed E-state index contributed by atoms with van der Waals surface area (Å²) in [6.45, 7) is 3.30. The molecule has 9 heteroatoms. The number of nitrogens with zero attached hydrogens (tertiary/aromatic N) is 3. The van der Waals surface area contributed by atoms with Crippen LogP contribution in [0.4, 0.5) is 13.2 Å². The molecule has 1 aromatic heterocycles. The third kappa shape index (κ3) is 5.13. The summed E-state index contributed by atoms with van der Waals surface area (Å²) in [4.78, 5) is 18.5. The summed E-state index contributed by atoms with van der Waals surface area (Å²) in [7, 11) is 0. The van der Waals surface area contributed by atoms with E-state index in [1.54, 1.807) is 4.90 Å². The summed E-state index contributed by atoms with van der Waals surface area (Å²) in [5, 5.41) is 9.50. The SMILES string of the molecule is CC1(COc2cc(Cl)cnc2C#N)CCN(C(=O)[C@H]2CC[C@H](C(F)(F)F)CC2)C1. The van der Waals surface area contributed by atoms with Crippen molar-refractivity contribution >= 4 is 17.5 Å². The van der Waals surface area contributed by atoms with Crippen molar-refractivity contribution in [2.45, 2.75) is 45.2 Å². The van der Waals surface area contributed by atoms with E-state index in [4.69, 9.17) is 21.6 Å². The Hall–Kier alpha value is -2.01. The minimum Gasteiger partial charge on any atom is -0.490 e. The van der Waals surface area contributed by atoms with Crippen LogP contribution < -0.4 is 4.74 Å². The Labute approximate surface area is 172 Å². The average Bonchev–Trinajstić information content (AvgIpc) is 3.08. The fourth-order valence-corrected chi connectivity index (χ4v) is 4.27. The maximum absolute atomic E-state index is 12.8. The van der Waals surface area contributed by atoms with Gasteiger partial charge in [0.05, 0.1) is 17.5 Å². The number of ether oxygens (including phenoxy) is 1. The number of pyridine rings is 1. The molecule has 1 saturated heterocycles. The van der Waals surface area contributed by atoms with Gasteiger partial charge >= 0.3 is 6.18 Å². The molecule has 0 radical (unpaired) electrons. The maximum atomic E-state index is 12.8. The molecule has 1 saturated carbocycles. The van der Waals surface area contributed by atoms with Gasteiger partial charge in [-0.3, -0.25) is 4.79 Å². The van der Waals surface area contributed by atoms with Crippen LogP contribution in [-0.4, -0.2) is 41.7 Å². The smallest absolute Gasteiger partial charge is 0.391 e. The second kappa shape index (κ2) is 8.39. The summed E-state index contributed by atoms with van der Waals surface area (Å²) in [5.41, 5.74) is -0.168. The first-order valence-electron chi connectivity index (χ1n) is 9.65. The predicted octanol–water partition coefficient (Wildman–Crippen LogP) is 4.59. The highest BCUT2D eigenvalue weighted by Gasteiger charge is 2.44. The van der Waals surface area contributed by atoms with Crippen LogP contribution >= 0.6 is 11.6 Å². The number of nitriles is 1. The molecule has 1 aliphatic heterocycles. The number of hydrogen-bond donors (Lipinski definition) is 0. The van der Waals surface area contributed by atoms with Crippen molar-refractivity contribution in [2.75, 3.05) is 19.7 Å². The van der Waals surface area contributed by atoms with Crippen molar-refractivity contribution < 1.29 is 22.7 Å². The van der Waals surface area contributed by atoms with Crippen molar-refractivity contribution in [2.24, 2.45) is 17.3 Å². The highest BCUT2D eigenvalue weighted by Crippen LogP contribution is 2.41. The number of halogens is 4. The van der Waals surface area contributed by atoms with Crippen molar-refractivity contribution in [1.29, 1.82) is 5.26 Å². The van der Waals surface area contributed by atoms with Gasteiger partial charge in [0.25, 0.3) is 0 Å². The van der Waals surface area contributed by atoms with E-state index < -0.39 is 12.1 Å². The van der Waals surface area contributed by atoms with Gasteiger partial charge in [-0.05, 0) is 32.1 Å². The minimum atomic E-state index is -4.17. The molecule has 1 unspecified atom stereocenters. The lowest BCUT2D eigenvalue weighted by Crippen LogP contribution is -2.39. The summed E-state index contributed by atoms with van der Waals surface area (Å²) < 4.78 is 44.3. The number of aromatic nitrogens is 1. The Balaban J connectivity index is 1.55. The van der Waals surface area contributed by atoms with E-state index in [2.05, 4.69) is 4.98 Å². The van der Waals surface area contributed by atoms with Gasteiger partial charge in [0.1, 0.15) is 6.07 Å². The Morgan fingerprint density at radius 3 is 2.72 bits per heavy atom. The van der Waals surface area contributed by atoms with E-state index in [1.165, 1.54) is 12.3 Å². The minimum absolute atomic E-state index is 0.0207. The molecule has 158 valence electrons. The molecule has 2 aliphatic rings. The first-order chi connectivity index (χ1) is 13.6. The van der Waals surface area contributed by atoms with Gasteiger partial charge in [-0.1, -0.05) is 18.5 Å². The highest BCUT2D eigenvalue weighted by atomic mass is 35.5. The quantitative estimate of drug-likeness (QED) is 0.702. The number of amides is 1. The van der Waals surface area contributed by atoms with Crippen LogP contribution in [0, 0.1) is 28.6 Å². The van der Waals surface area contributed by atoms with E-state index in [0.717, 1.165) is 0 Å². The lowest BCUT2D eigenvalue weighted by Gasteiger charge is -2.32. The molecule has 1 amide bonds. The normalized spacial score (nSPS) is 27.5. The second-order valence-corrected chi connectivity index (χ2v) is 8.75. The number of alkyl halides is 3. The lowest BCUT2D eigenvalue weighted by atomic mass is 9.81. The summed E-state index contributed by atoms with van der Waals surface area (Å²) in [6.07, 6.45) is -1.47. The van der Waals surface area contributed by atoms with E-state index in [0.29, 0.717) is 30.3 Å². The summed E-state index contributed by atoms with van der Waals surface area (Å²) in [5.74, 6) is -1.38. The molecule has 0 spiro atoms. The molecule has 29 heavy (non-hydrogen) atoms. The second-order valence-electron chi connectivity index (χ2n) is 8.31. The molecule has 1 aliphatic carbocycles. The van der Waals surface area contributed by atoms with Gasteiger partial charge in [0, 0.05) is 36.7 Å².